The third kappa shape index (κ3) is 3.76. The maximum atomic E-state index is 12.2. The van der Waals surface area contributed by atoms with E-state index in [2.05, 4.69) is 31.4 Å². The summed E-state index contributed by atoms with van der Waals surface area (Å²) in [4.78, 5) is 22.5. The van der Waals surface area contributed by atoms with Gasteiger partial charge in [-0.25, -0.2) is 0 Å². The molecule has 0 saturated heterocycles. The zero-order valence-electron chi connectivity index (χ0n) is 13.0. The molecule has 0 aliphatic heterocycles. The van der Waals surface area contributed by atoms with Crippen LogP contribution >= 0.6 is 15.9 Å². The molecule has 0 spiro atoms. The molecule has 0 aliphatic rings. The van der Waals surface area contributed by atoms with Gasteiger partial charge in [-0.1, -0.05) is 0 Å². The van der Waals surface area contributed by atoms with Crippen LogP contribution in [0.3, 0.4) is 0 Å². The van der Waals surface area contributed by atoms with Crippen molar-refractivity contribution < 1.29 is 9.72 Å². The molecule has 1 unspecified atom stereocenters. The Morgan fingerprint density at radius 3 is 2.70 bits per heavy atom. The van der Waals surface area contributed by atoms with Gasteiger partial charge in [-0.2, -0.15) is 10.2 Å². The quantitative estimate of drug-likeness (QED) is 0.604. The van der Waals surface area contributed by atoms with Crippen LogP contribution in [0.5, 0.6) is 0 Å². The lowest BCUT2D eigenvalue weighted by Crippen LogP contribution is -2.31. The fourth-order valence-corrected chi connectivity index (χ4v) is 2.46. The summed E-state index contributed by atoms with van der Waals surface area (Å²) < 4.78 is 3.87. The molecule has 2 aromatic heterocycles. The molecule has 2 heterocycles. The van der Waals surface area contributed by atoms with Gasteiger partial charge < -0.3 is 5.32 Å². The molecule has 1 amide bonds. The van der Waals surface area contributed by atoms with E-state index in [0.717, 1.165) is 16.7 Å². The van der Waals surface area contributed by atoms with Gasteiger partial charge in [-0.05, 0) is 36.7 Å². The molecule has 0 aromatic carbocycles. The van der Waals surface area contributed by atoms with Gasteiger partial charge in [0, 0.05) is 12.7 Å². The zero-order chi connectivity index (χ0) is 17.1. The van der Waals surface area contributed by atoms with Crippen molar-refractivity contribution in [2.24, 2.45) is 0 Å². The van der Waals surface area contributed by atoms with E-state index in [0.29, 0.717) is 0 Å². The SMILES string of the molecule is CCn1cc(Br)c(CNC(=O)C(C)n2cc([N+](=O)[O-])c(C)n2)n1. The lowest BCUT2D eigenvalue weighted by Gasteiger charge is -2.11. The second-order valence-electron chi connectivity index (χ2n) is 5.01. The van der Waals surface area contributed by atoms with Crippen molar-refractivity contribution >= 4 is 27.5 Å². The molecule has 1 atom stereocenters. The van der Waals surface area contributed by atoms with Crippen molar-refractivity contribution in [3.8, 4) is 0 Å². The lowest BCUT2D eigenvalue weighted by atomic mass is 10.3. The fraction of sp³-hybridized carbons (Fsp3) is 0.462. The first-order chi connectivity index (χ1) is 10.8. The highest BCUT2D eigenvalue weighted by atomic mass is 79.9. The lowest BCUT2D eigenvalue weighted by molar-refractivity contribution is -0.385. The molecule has 2 rings (SSSR count). The van der Waals surface area contributed by atoms with Gasteiger partial charge in [0.25, 0.3) is 0 Å². The molecule has 23 heavy (non-hydrogen) atoms. The summed E-state index contributed by atoms with van der Waals surface area (Å²) in [6.45, 7) is 6.13. The minimum absolute atomic E-state index is 0.103. The van der Waals surface area contributed by atoms with Gasteiger partial charge in [-0.15, -0.1) is 0 Å². The average Bonchev–Trinajstić information content (AvgIpc) is 3.07. The molecule has 9 nitrogen and oxygen atoms in total. The fourth-order valence-electron chi connectivity index (χ4n) is 2.01. The van der Waals surface area contributed by atoms with Crippen LogP contribution < -0.4 is 5.32 Å². The number of nitrogens with one attached hydrogen (secondary N) is 1. The first-order valence-electron chi connectivity index (χ1n) is 7.03. The predicted molar refractivity (Wildman–Crippen MR) is 85.8 cm³/mol. The van der Waals surface area contributed by atoms with Gasteiger partial charge in [0.15, 0.2) is 0 Å². The number of carbonyl (C=O) groups excluding carboxylic acids is 1. The Bertz CT molecular complexity index is 738. The van der Waals surface area contributed by atoms with Gasteiger partial charge >= 0.3 is 5.69 Å². The van der Waals surface area contributed by atoms with Crippen LogP contribution in [-0.2, 0) is 17.9 Å². The molecule has 1 N–H and O–H groups in total. The van der Waals surface area contributed by atoms with Crippen molar-refractivity contribution in [1.29, 1.82) is 0 Å². The van der Waals surface area contributed by atoms with Gasteiger partial charge in [0.2, 0.25) is 5.91 Å². The largest absolute Gasteiger partial charge is 0.348 e. The number of aryl methyl sites for hydroxylation is 2. The van der Waals surface area contributed by atoms with E-state index in [1.54, 1.807) is 11.6 Å². The Morgan fingerprint density at radius 2 is 2.17 bits per heavy atom. The van der Waals surface area contributed by atoms with Crippen LogP contribution in [0.15, 0.2) is 16.9 Å². The van der Waals surface area contributed by atoms with Crippen LogP contribution in [-0.4, -0.2) is 30.4 Å². The minimum atomic E-state index is -0.658. The summed E-state index contributed by atoms with van der Waals surface area (Å²) in [5.74, 6) is -0.291. The van der Waals surface area contributed by atoms with Crippen LogP contribution in [0.2, 0.25) is 0 Å². The zero-order valence-corrected chi connectivity index (χ0v) is 14.6. The van der Waals surface area contributed by atoms with E-state index in [1.807, 2.05) is 13.1 Å². The summed E-state index contributed by atoms with van der Waals surface area (Å²) >= 11 is 3.39. The second kappa shape index (κ2) is 6.90. The normalized spacial score (nSPS) is 12.2. The highest BCUT2D eigenvalue weighted by Crippen LogP contribution is 2.19. The molecule has 124 valence electrons. The Hall–Kier alpha value is -2.23. The number of carbonyl (C=O) groups is 1. The number of rotatable bonds is 6. The summed E-state index contributed by atoms with van der Waals surface area (Å²) in [6, 6.07) is -0.658. The topological polar surface area (TPSA) is 108 Å². The molecule has 0 radical (unpaired) electrons. The average molecular weight is 385 g/mol. The number of amides is 1. The monoisotopic (exact) mass is 384 g/mol. The number of hydrogen-bond acceptors (Lipinski definition) is 5. The Morgan fingerprint density at radius 1 is 1.48 bits per heavy atom. The Kier molecular flexibility index (Phi) is 5.14. The molecule has 0 fully saturated rings. The maximum absolute atomic E-state index is 12.2. The number of nitro groups is 1. The van der Waals surface area contributed by atoms with Crippen LogP contribution in [0.1, 0.15) is 31.3 Å². The van der Waals surface area contributed by atoms with Crippen molar-refractivity contribution in [3.63, 3.8) is 0 Å². The van der Waals surface area contributed by atoms with Crippen LogP contribution in [0.25, 0.3) is 0 Å². The standard InChI is InChI=1S/C13H17BrN6O3/c1-4-18-6-10(14)11(17-18)5-15-13(21)9(3)19-7-12(20(22)23)8(2)16-19/h6-7,9H,4-5H2,1-3H3,(H,15,21). The molecular formula is C13H17BrN6O3. The number of halogens is 1. The summed E-state index contributed by atoms with van der Waals surface area (Å²) in [7, 11) is 0. The van der Waals surface area contributed by atoms with Crippen molar-refractivity contribution in [2.75, 3.05) is 0 Å². The maximum Gasteiger partial charge on any atom is 0.309 e. The molecule has 0 aliphatic carbocycles. The number of hydrogen-bond donors (Lipinski definition) is 1. The highest BCUT2D eigenvalue weighted by Gasteiger charge is 2.22. The van der Waals surface area contributed by atoms with E-state index < -0.39 is 11.0 Å². The van der Waals surface area contributed by atoms with Crippen LogP contribution in [0.4, 0.5) is 5.69 Å². The summed E-state index contributed by atoms with van der Waals surface area (Å²) in [6.07, 6.45) is 3.10. The Balaban J connectivity index is 2.03. The van der Waals surface area contributed by atoms with E-state index in [-0.39, 0.29) is 23.8 Å². The molecular weight excluding hydrogens is 368 g/mol. The van der Waals surface area contributed by atoms with E-state index in [4.69, 9.17) is 0 Å². The smallest absolute Gasteiger partial charge is 0.309 e. The third-order valence-corrected chi connectivity index (χ3v) is 4.07. The van der Waals surface area contributed by atoms with Gasteiger partial charge in [-0.3, -0.25) is 24.3 Å². The molecule has 0 bridgehead atoms. The Labute approximate surface area is 140 Å². The highest BCUT2D eigenvalue weighted by molar-refractivity contribution is 9.10. The van der Waals surface area contributed by atoms with Gasteiger partial charge in [0.1, 0.15) is 17.9 Å². The van der Waals surface area contributed by atoms with Crippen molar-refractivity contribution in [1.82, 2.24) is 24.9 Å². The van der Waals surface area contributed by atoms with Crippen molar-refractivity contribution in [3.05, 3.63) is 38.4 Å². The molecule has 0 saturated carbocycles. The first-order valence-corrected chi connectivity index (χ1v) is 7.82. The second-order valence-corrected chi connectivity index (χ2v) is 5.86. The van der Waals surface area contributed by atoms with E-state index in [9.17, 15) is 14.9 Å². The summed E-state index contributed by atoms with van der Waals surface area (Å²) in [5, 5.41) is 21.9. The predicted octanol–water partition coefficient (Wildman–Crippen LogP) is 1.96. The number of aromatic nitrogens is 4. The number of nitrogens with zero attached hydrogens (tertiary/aromatic N) is 5. The minimum Gasteiger partial charge on any atom is -0.348 e. The van der Waals surface area contributed by atoms with Gasteiger partial charge in [0.05, 0.1) is 21.6 Å². The first kappa shape index (κ1) is 17.1. The van der Waals surface area contributed by atoms with Crippen LogP contribution in [0, 0.1) is 17.0 Å². The molecule has 10 heteroatoms. The molecule has 2 aromatic rings. The van der Waals surface area contributed by atoms with E-state index >= 15 is 0 Å². The third-order valence-electron chi connectivity index (χ3n) is 3.40. The van der Waals surface area contributed by atoms with Crippen molar-refractivity contribution in [2.45, 2.75) is 39.9 Å². The summed E-state index contributed by atoms with van der Waals surface area (Å²) in [5.41, 5.74) is 0.892. The van der Waals surface area contributed by atoms with E-state index in [1.165, 1.54) is 17.8 Å².